The average Bonchev–Trinajstić information content (AvgIpc) is 3.65. The summed E-state index contributed by atoms with van der Waals surface area (Å²) in [6.45, 7) is 2.29. The van der Waals surface area contributed by atoms with Gasteiger partial charge >= 0.3 is 6.18 Å². The van der Waals surface area contributed by atoms with E-state index >= 15 is 0 Å². The second-order valence-electron chi connectivity index (χ2n) is 12.2. The number of carbonyl (C=O) groups excluding carboxylic acids is 1. The molecule has 6 nitrogen and oxygen atoms in total. The number of benzene rings is 2. The number of alkyl halides is 3. The second-order valence-corrected chi connectivity index (χ2v) is 12.2. The first-order chi connectivity index (χ1) is 19.1. The molecule has 2 saturated carbocycles. The Balaban J connectivity index is 1.31. The van der Waals surface area contributed by atoms with Crippen LogP contribution < -0.4 is 10.2 Å². The molecule has 1 unspecified atom stereocenters. The van der Waals surface area contributed by atoms with Crippen molar-refractivity contribution >= 4 is 11.6 Å². The van der Waals surface area contributed by atoms with Gasteiger partial charge in [-0.25, -0.2) is 0 Å². The first-order valence-electron chi connectivity index (χ1n) is 14.3. The summed E-state index contributed by atoms with van der Waals surface area (Å²) in [5, 5.41) is 11.9. The van der Waals surface area contributed by atoms with E-state index in [-0.39, 0.29) is 35.0 Å². The standard InChI is InChI=1S/C31H36F3N5O/c1-30(11-6-12-30)35-17-21-14-25-26(27(15-21)31(32,33)34)18-39(29(25)40)23-10-5-9-22(16-23)24(13-20-7-3-4-8-20)28-37-36-19-38(28)2/h5,9-10,14-16,19-20,24,35H,3-4,6-8,11-13,17-18H2,1-2H3. The molecule has 2 aromatic carbocycles. The van der Waals surface area contributed by atoms with Crippen molar-refractivity contribution in [3.05, 3.63) is 76.4 Å². The Morgan fingerprint density at radius 1 is 1.12 bits per heavy atom. The maximum Gasteiger partial charge on any atom is 0.416 e. The monoisotopic (exact) mass is 551 g/mol. The minimum atomic E-state index is -4.55. The first kappa shape index (κ1) is 27.0. The summed E-state index contributed by atoms with van der Waals surface area (Å²) in [6, 6.07) is 10.5. The quantitative estimate of drug-likeness (QED) is 0.337. The fraction of sp³-hybridized carbons (Fsp3) is 0.516. The summed E-state index contributed by atoms with van der Waals surface area (Å²) < 4.78 is 44.6. The third-order valence-corrected chi connectivity index (χ3v) is 9.27. The molecule has 0 spiro atoms. The Morgan fingerprint density at radius 3 is 2.55 bits per heavy atom. The molecular formula is C31H36F3N5O. The molecule has 40 heavy (non-hydrogen) atoms. The highest BCUT2D eigenvalue weighted by Crippen LogP contribution is 2.42. The topological polar surface area (TPSA) is 63.1 Å². The highest BCUT2D eigenvalue weighted by molar-refractivity contribution is 6.10. The predicted molar refractivity (Wildman–Crippen MR) is 147 cm³/mol. The van der Waals surface area contributed by atoms with Crippen LogP contribution in [0.4, 0.5) is 18.9 Å². The van der Waals surface area contributed by atoms with Gasteiger partial charge in [0.2, 0.25) is 0 Å². The third kappa shape index (κ3) is 5.16. The van der Waals surface area contributed by atoms with Crippen molar-refractivity contribution < 1.29 is 18.0 Å². The fourth-order valence-corrected chi connectivity index (χ4v) is 6.72. The number of nitrogens with zero attached hydrogens (tertiary/aromatic N) is 4. The number of hydrogen-bond acceptors (Lipinski definition) is 4. The largest absolute Gasteiger partial charge is 0.416 e. The summed E-state index contributed by atoms with van der Waals surface area (Å²) in [6.07, 6.45) is 6.03. The molecule has 3 aromatic rings. The van der Waals surface area contributed by atoms with Gasteiger partial charge in [-0.05, 0) is 79.5 Å². The van der Waals surface area contributed by atoms with Crippen LogP contribution in [0, 0.1) is 5.92 Å². The van der Waals surface area contributed by atoms with Crippen LogP contribution in [0.25, 0.3) is 0 Å². The van der Waals surface area contributed by atoms with Gasteiger partial charge in [0.15, 0.2) is 0 Å². The number of amides is 1. The SMILES string of the molecule is Cn1cnnc1C(CC1CCCC1)c1cccc(N2Cc3c(cc(CNC4(C)CCC4)cc3C(F)(F)F)C2=O)c1. The van der Waals surface area contributed by atoms with E-state index in [0.29, 0.717) is 23.7 Å². The van der Waals surface area contributed by atoms with Crippen LogP contribution in [0.15, 0.2) is 42.7 Å². The Hall–Kier alpha value is -3.20. The molecule has 9 heteroatoms. The van der Waals surface area contributed by atoms with Crippen LogP contribution in [0.3, 0.4) is 0 Å². The highest BCUT2D eigenvalue weighted by Gasteiger charge is 2.41. The average molecular weight is 552 g/mol. The van der Waals surface area contributed by atoms with E-state index in [0.717, 1.165) is 37.1 Å². The molecule has 2 aliphatic carbocycles. The van der Waals surface area contributed by atoms with Crippen molar-refractivity contribution in [2.24, 2.45) is 13.0 Å². The van der Waals surface area contributed by atoms with Gasteiger partial charge in [-0.3, -0.25) is 4.79 Å². The van der Waals surface area contributed by atoms with E-state index in [9.17, 15) is 18.0 Å². The maximum atomic E-state index is 14.2. The Morgan fingerprint density at radius 2 is 1.90 bits per heavy atom. The molecule has 2 fully saturated rings. The Kier molecular flexibility index (Phi) is 6.97. The lowest BCUT2D eigenvalue weighted by Crippen LogP contribution is -2.47. The van der Waals surface area contributed by atoms with Gasteiger partial charge in [-0.1, -0.05) is 37.8 Å². The van der Waals surface area contributed by atoms with Crippen molar-refractivity contribution in [1.29, 1.82) is 0 Å². The van der Waals surface area contributed by atoms with Crippen molar-refractivity contribution in [3.63, 3.8) is 0 Å². The second kappa shape index (κ2) is 10.3. The van der Waals surface area contributed by atoms with Crippen molar-refractivity contribution in [1.82, 2.24) is 20.1 Å². The Labute approximate surface area is 233 Å². The molecule has 1 aliphatic heterocycles. The van der Waals surface area contributed by atoms with Crippen LogP contribution in [-0.4, -0.2) is 26.2 Å². The molecule has 6 rings (SSSR count). The molecule has 1 N–H and O–H groups in total. The molecule has 1 atom stereocenters. The molecule has 1 amide bonds. The number of aromatic nitrogens is 3. The lowest BCUT2D eigenvalue weighted by Gasteiger charge is -2.39. The Bertz CT molecular complexity index is 1400. The van der Waals surface area contributed by atoms with Crippen LogP contribution in [0.2, 0.25) is 0 Å². The summed E-state index contributed by atoms with van der Waals surface area (Å²) >= 11 is 0. The molecule has 0 radical (unpaired) electrons. The highest BCUT2D eigenvalue weighted by atomic mass is 19.4. The van der Waals surface area contributed by atoms with E-state index in [1.807, 2.05) is 35.9 Å². The van der Waals surface area contributed by atoms with Gasteiger partial charge in [0.25, 0.3) is 5.91 Å². The summed E-state index contributed by atoms with van der Waals surface area (Å²) in [4.78, 5) is 15.1. The van der Waals surface area contributed by atoms with Gasteiger partial charge in [-0.2, -0.15) is 13.2 Å². The van der Waals surface area contributed by atoms with Crippen LogP contribution in [0.1, 0.15) is 103 Å². The first-order valence-corrected chi connectivity index (χ1v) is 14.3. The zero-order valence-electron chi connectivity index (χ0n) is 23.1. The number of halogens is 3. The molecule has 0 bridgehead atoms. The van der Waals surface area contributed by atoms with Crippen LogP contribution in [0.5, 0.6) is 0 Å². The van der Waals surface area contributed by atoms with Gasteiger partial charge in [0.1, 0.15) is 12.2 Å². The van der Waals surface area contributed by atoms with Crippen molar-refractivity contribution in [2.75, 3.05) is 4.90 Å². The van der Waals surface area contributed by atoms with Crippen molar-refractivity contribution in [3.8, 4) is 0 Å². The van der Waals surface area contributed by atoms with Gasteiger partial charge in [-0.15, -0.1) is 10.2 Å². The van der Waals surface area contributed by atoms with Gasteiger partial charge < -0.3 is 14.8 Å². The summed E-state index contributed by atoms with van der Waals surface area (Å²) in [5.74, 6) is 1.05. The molecule has 0 saturated heterocycles. The molecule has 212 valence electrons. The number of carbonyl (C=O) groups is 1. The maximum absolute atomic E-state index is 14.2. The van der Waals surface area contributed by atoms with E-state index in [4.69, 9.17) is 0 Å². The number of fused-ring (bicyclic) bond motifs is 1. The van der Waals surface area contributed by atoms with E-state index in [2.05, 4.69) is 22.4 Å². The predicted octanol–water partition coefficient (Wildman–Crippen LogP) is 6.74. The zero-order valence-corrected chi connectivity index (χ0v) is 23.1. The minimum Gasteiger partial charge on any atom is -0.320 e. The lowest BCUT2D eigenvalue weighted by molar-refractivity contribution is -0.138. The molecular weight excluding hydrogens is 515 g/mol. The third-order valence-electron chi connectivity index (χ3n) is 9.27. The molecule has 2 heterocycles. The van der Waals surface area contributed by atoms with Gasteiger partial charge in [0, 0.05) is 36.3 Å². The minimum absolute atomic E-state index is 0.00749. The lowest BCUT2D eigenvalue weighted by atomic mass is 9.78. The van der Waals surface area contributed by atoms with E-state index in [1.165, 1.54) is 36.6 Å². The number of rotatable bonds is 8. The number of aryl methyl sites for hydroxylation is 1. The number of anilines is 1. The summed E-state index contributed by atoms with van der Waals surface area (Å²) in [7, 11) is 1.93. The van der Waals surface area contributed by atoms with Gasteiger partial charge in [0.05, 0.1) is 12.1 Å². The van der Waals surface area contributed by atoms with Crippen molar-refractivity contribution in [2.45, 2.75) is 89.0 Å². The smallest absolute Gasteiger partial charge is 0.320 e. The van der Waals surface area contributed by atoms with E-state index < -0.39 is 11.7 Å². The van der Waals surface area contributed by atoms with E-state index in [1.54, 1.807) is 12.4 Å². The summed E-state index contributed by atoms with van der Waals surface area (Å²) in [5.41, 5.74) is 1.52. The molecule has 1 aromatic heterocycles. The fourth-order valence-electron chi connectivity index (χ4n) is 6.72. The molecule has 3 aliphatic rings. The van der Waals surface area contributed by atoms with Crippen LogP contribution in [-0.2, 0) is 26.3 Å². The number of hydrogen-bond donors (Lipinski definition) is 1. The normalized spacial score (nSPS) is 19.6. The van der Waals surface area contributed by atoms with Crippen LogP contribution >= 0.6 is 0 Å². The number of nitrogens with one attached hydrogen (secondary N) is 1. The zero-order chi connectivity index (χ0) is 28.1.